The summed E-state index contributed by atoms with van der Waals surface area (Å²) in [6, 6.07) is 5.81. The molecule has 0 saturated carbocycles. The maximum atomic E-state index is 12.5. The van der Waals surface area contributed by atoms with Gasteiger partial charge in [0.1, 0.15) is 17.8 Å². The van der Waals surface area contributed by atoms with Gasteiger partial charge in [-0.25, -0.2) is 9.97 Å². The lowest BCUT2D eigenvalue weighted by molar-refractivity contribution is 0.102. The molecule has 0 unspecified atom stereocenters. The molecule has 0 spiro atoms. The maximum absolute atomic E-state index is 12.5. The van der Waals surface area contributed by atoms with Crippen molar-refractivity contribution in [2.24, 2.45) is 0 Å². The van der Waals surface area contributed by atoms with Crippen LogP contribution in [0.2, 0.25) is 0 Å². The molecular formula is C19H26N4O. The highest BCUT2D eigenvalue weighted by atomic mass is 16.1. The predicted molar refractivity (Wildman–Crippen MR) is 98.7 cm³/mol. The van der Waals surface area contributed by atoms with Crippen molar-refractivity contribution in [1.82, 2.24) is 9.97 Å². The number of carbonyl (C=O) groups is 1. The summed E-state index contributed by atoms with van der Waals surface area (Å²) in [5.74, 6) is 0.465. The summed E-state index contributed by atoms with van der Waals surface area (Å²) >= 11 is 0. The molecule has 128 valence electrons. The summed E-state index contributed by atoms with van der Waals surface area (Å²) in [6.45, 7) is 9.06. The number of anilines is 2. The lowest BCUT2D eigenvalue weighted by Gasteiger charge is -2.13. The number of nitrogens with one attached hydrogen (secondary N) is 2. The molecule has 1 aromatic heterocycles. The molecule has 1 heterocycles. The van der Waals surface area contributed by atoms with E-state index in [4.69, 9.17) is 0 Å². The largest absolute Gasteiger partial charge is 0.370 e. The van der Waals surface area contributed by atoms with E-state index in [0.717, 1.165) is 29.8 Å². The molecule has 2 rings (SSSR count). The Bertz CT molecular complexity index is 689. The van der Waals surface area contributed by atoms with E-state index in [1.165, 1.54) is 24.7 Å². The van der Waals surface area contributed by atoms with E-state index < -0.39 is 0 Å². The second-order valence-electron chi connectivity index (χ2n) is 6.15. The van der Waals surface area contributed by atoms with E-state index in [9.17, 15) is 4.79 Å². The highest BCUT2D eigenvalue weighted by molar-refractivity contribution is 6.04. The van der Waals surface area contributed by atoms with Crippen LogP contribution in [0.4, 0.5) is 11.5 Å². The Morgan fingerprint density at radius 1 is 1.04 bits per heavy atom. The second-order valence-corrected chi connectivity index (χ2v) is 6.15. The normalized spacial score (nSPS) is 10.5. The average Bonchev–Trinajstić information content (AvgIpc) is 2.55. The molecule has 5 heteroatoms. The van der Waals surface area contributed by atoms with Gasteiger partial charge in [0.15, 0.2) is 0 Å². The summed E-state index contributed by atoms with van der Waals surface area (Å²) in [7, 11) is 0. The molecule has 1 amide bonds. The summed E-state index contributed by atoms with van der Waals surface area (Å²) in [6.07, 6.45) is 4.86. The molecule has 2 aromatic rings. The Balaban J connectivity index is 2.07. The van der Waals surface area contributed by atoms with Crippen molar-refractivity contribution in [3.63, 3.8) is 0 Å². The number of benzene rings is 1. The SMILES string of the molecule is CCCCCNc1cc(C(=O)Nc2c(C)cc(C)cc2C)ncn1. The first kappa shape index (κ1) is 17.9. The van der Waals surface area contributed by atoms with E-state index in [2.05, 4.69) is 39.7 Å². The minimum absolute atomic E-state index is 0.218. The minimum Gasteiger partial charge on any atom is -0.370 e. The number of unbranched alkanes of at least 4 members (excludes halogenated alkanes) is 2. The molecule has 24 heavy (non-hydrogen) atoms. The van der Waals surface area contributed by atoms with Crippen LogP contribution in [0.25, 0.3) is 0 Å². The Morgan fingerprint density at radius 3 is 2.42 bits per heavy atom. The minimum atomic E-state index is -0.218. The van der Waals surface area contributed by atoms with Gasteiger partial charge in [0.05, 0.1) is 0 Å². The van der Waals surface area contributed by atoms with Crippen LogP contribution in [-0.2, 0) is 0 Å². The molecule has 0 atom stereocenters. The number of rotatable bonds is 7. The van der Waals surface area contributed by atoms with E-state index in [0.29, 0.717) is 11.5 Å². The number of amides is 1. The number of hydrogen-bond donors (Lipinski definition) is 2. The predicted octanol–water partition coefficient (Wildman–Crippen LogP) is 4.26. The zero-order chi connectivity index (χ0) is 17.5. The third-order valence-electron chi connectivity index (χ3n) is 3.90. The number of nitrogens with zero attached hydrogens (tertiary/aromatic N) is 2. The van der Waals surface area contributed by atoms with Crippen molar-refractivity contribution in [3.05, 3.63) is 46.9 Å². The molecule has 0 aliphatic rings. The molecule has 1 aromatic carbocycles. The summed E-state index contributed by atoms with van der Waals surface area (Å²) in [5.41, 5.74) is 4.49. The lowest BCUT2D eigenvalue weighted by atomic mass is 10.1. The van der Waals surface area contributed by atoms with Crippen molar-refractivity contribution >= 4 is 17.4 Å². The van der Waals surface area contributed by atoms with Gasteiger partial charge in [-0.05, 0) is 38.3 Å². The Hall–Kier alpha value is -2.43. The Labute approximate surface area is 143 Å². The van der Waals surface area contributed by atoms with Crippen molar-refractivity contribution in [2.75, 3.05) is 17.2 Å². The molecule has 0 radical (unpaired) electrons. The average molecular weight is 326 g/mol. The van der Waals surface area contributed by atoms with E-state index >= 15 is 0 Å². The van der Waals surface area contributed by atoms with Crippen molar-refractivity contribution in [3.8, 4) is 0 Å². The lowest BCUT2D eigenvalue weighted by Crippen LogP contribution is -2.16. The highest BCUT2D eigenvalue weighted by Crippen LogP contribution is 2.22. The van der Waals surface area contributed by atoms with Crippen molar-refractivity contribution in [2.45, 2.75) is 47.0 Å². The van der Waals surface area contributed by atoms with Gasteiger partial charge >= 0.3 is 0 Å². The molecule has 0 aliphatic carbocycles. The summed E-state index contributed by atoms with van der Waals surface area (Å²) in [4.78, 5) is 20.8. The van der Waals surface area contributed by atoms with Gasteiger partial charge in [0, 0.05) is 18.3 Å². The Kier molecular flexibility index (Phi) is 6.29. The van der Waals surface area contributed by atoms with Crippen LogP contribution < -0.4 is 10.6 Å². The van der Waals surface area contributed by atoms with Gasteiger partial charge in [0.25, 0.3) is 5.91 Å². The fourth-order valence-electron chi connectivity index (χ4n) is 2.72. The van der Waals surface area contributed by atoms with Gasteiger partial charge in [-0.15, -0.1) is 0 Å². The van der Waals surface area contributed by atoms with Crippen LogP contribution >= 0.6 is 0 Å². The van der Waals surface area contributed by atoms with Gasteiger partial charge in [-0.2, -0.15) is 0 Å². The summed E-state index contributed by atoms with van der Waals surface area (Å²) < 4.78 is 0. The van der Waals surface area contributed by atoms with E-state index in [1.807, 2.05) is 20.8 Å². The molecule has 0 aliphatic heterocycles. The topological polar surface area (TPSA) is 66.9 Å². The van der Waals surface area contributed by atoms with Crippen LogP contribution in [0.5, 0.6) is 0 Å². The zero-order valence-corrected chi connectivity index (χ0v) is 14.9. The molecule has 0 saturated heterocycles. The van der Waals surface area contributed by atoms with Gasteiger partial charge in [-0.3, -0.25) is 4.79 Å². The molecular weight excluding hydrogens is 300 g/mol. The van der Waals surface area contributed by atoms with Crippen LogP contribution in [0, 0.1) is 20.8 Å². The molecule has 2 N–H and O–H groups in total. The van der Waals surface area contributed by atoms with E-state index in [1.54, 1.807) is 6.07 Å². The van der Waals surface area contributed by atoms with Crippen molar-refractivity contribution < 1.29 is 4.79 Å². The number of hydrogen-bond acceptors (Lipinski definition) is 4. The third-order valence-corrected chi connectivity index (χ3v) is 3.90. The highest BCUT2D eigenvalue weighted by Gasteiger charge is 2.12. The quantitative estimate of drug-likeness (QED) is 0.746. The standard InChI is InChI=1S/C19H26N4O/c1-5-6-7-8-20-17-11-16(21-12-22-17)19(24)23-18-14(3)9-13(2)10-15(18)4/h9-12H,5-8H2,1-4H3,(H,23,24)(H,20,21,22). The van der Waals surface area contributed by atoms with Gasteiger partial charge < -0.3 is 10.6 Å². The summed E-state index contributed by atoms with van der Waals surface area (Å²) in [5, 5.41) is 6.21. The first-order valence-electron chi connectivity index (χ1n) is 8.46. The van der Waals surface area contributed by atoms with Crippen molar-refractivity contribution in [1.29, 1.82) is 0 Å². The van der Waals surface area contributed by atoms with Gasteiger partial charge in [0.2, 0.25) is 0 Å². The fraction of sp³-hybridized carbons (Fsp3) is 0.421. The zero-order valence-electron chi connectivity index (χ0n) is 14.9. The second kappa shape index (κ2) is 8.43. The van der Waals surface area contributed by atoms with Crippen LogP contribution in [0.15, 0.2) is 24.5 Å². The van der Waals surface area contributed by atoms with Crippen LogP contribution in [-0.4, -0.2) is 22.4 Å². The smallest absolute Gasteiger partial charge is 0.274 e. The first-order chi connectivity index (χ1) is 11.5. The molecule has 0 bridgehead atoms. The molecule has 5 nitrogen and oxygen atoms in total. The monoisotopic (exact) mass is 326 g/mol. The van der Waals surface area contributed by atoms with E-state index in [-0.39, 0.29) is 5.91 Å². The first-order valence-corrected chi connectivity index (χ1v) is 8.46. The number of aromatic nitrogens is 2. The third kappa shape index (κ3) is 4.78. The molecule has 0 fully saturated rings. The Morgan fingerprint density at radius 2 is 1.75 bits per heavy atom. The van der Waals surface area contributed by atoms with Gasteiger partial charge in [-0.1, -0.05) is 37.5 Å². The number of carbonyl (C=O) groups excluding carboxylic acids is 1. The van der Waals surface area contributed by atoms with Crippen LogP contribution in [0.3, 0.4) is 0 Å². The maximum Gasteiger partial charge on any atom is 0.274 e. The van der Waals surface area contributed by atoms with Crippen LogP contribution in [0.1, 0.15) is 53.4 Å². The fourth-order valence-corrected chi connectivity index (χ4v) is 2.72. The number of aryl methyl sites for hydroxylation is 3.